The summed E-state index contributed by atoms with van der Waals surface area (Å²) in [6, 6.07) is 13.8. The first-order chi connectivity index (χ1) is 13.2. The van der Waals surface area contributed by atoms with Gasteiger partial charge in [-0.25, -0.2) is 4.39 Å². The summed E-state index contributed by atoms with van der Waals surface area (Å²) >= 11 is 0. The van der Waals surface area contributed by atoms with Crippen molar-refractivity contribution >= 4 is 5.91 Å². The highest BCUT2D eigenvalue weighted by atomic mass is 19.1. The number of halogens is 1. The van der Waals surface area contributed by atoms with E-state index in [0.717, 1.165) is 24.4 Å². The average Bonchev–Trinajstić information content (AvgIpc) is 2.98. The van der Waals surface area contributed by atoms with Crippen molar-refractivity contribution in [2.45, 2.75) is 31.7 Å². The summed E-state index contributed by atoms with van der Waals surface area (Å²) in [6.07, 6.45) is 4.87. The molecule has 0 bridgehead atoms. The molecule has 4 nitrogen and oxygen atoms in total. The van der Waals surface area contributed by atoms with Gasteiger partial charge >= 0.3 is 0 Å². The highest BCUT2D eigenvalue weighted by molar-refractivity contribution is 5.94. The van der Waals surface area contributed by atoms with Crippen molar-refractivity contribution in [2.24, 2.45) is 0 Å². The van der Waals surface area contributed by atoms with E-state index in [2.05, 4.69) is 22.3 Å². The second kappa shape index (κ2) is 9.51. The SMILES string of the molecule is COc1ccc(C(CNC(=O)c2ccc(F)cc2)N2CCCCCC2)cc1. The quantitative estimate of drug-likeness (QED) is 0.829. The molecular formula is C22H27FN2O2. The number of rotatable bonds is 6. The van der Waals surface area contributed by atoms with E-state index in [-0.39, 0.29) is 17.8 Å². The van der Waals surface area contributed by atoms with Crippen molar-refractivity contribution < 1.29 is 13.9 Å². The van der Waals surface area contributed by atoms with Gasteiger partial charge in [-0.1, -0.05) is 25.0 Å². The molecule has 3 rings (SSSR count). The highest BCUT2D eigenvalue weighted by Crippen LogP contribution is 2.25. The lowest BCUT2D eigenvalue weighted by Crippen LogP contribution is -2.38. The Balaban J connectivity index is 1.73. The van der Waals surface area contributed by atoms with Gasteiger partial charge in [0, 0.05) is 12.1 Å². The van der Waals surface area contributed by atoms with Crippen LogP contribution in [0, 0.1) is 5.82 Å². The molecule has 0 radical (unpaired) electrons. The maximum absolute atomic E-state index is 13.1. The van der Waals surface area contributed by atoms with Gasteiger partial charge in [-0.05, 0) is 67.9 Å². The maximum atomic E-state index is 13.1. The van der Waals surface area contributed by atoms with E-state index in [9.17, 15) is 9.18 Å². The molecular weight excluding hydrogens is 343 g/mol. The predicted molar refractivity (Wildman–Crippen MR) is 105 cm³/mol. The maximum Gasteiger partial charge on any atom is 0.251 e. The Labute approximate surface area is 160 Å². The summed E-state index contributed by atoms with van der Waals surface area (Å²) in [5, 5.41) is 3.03. The van der Waals surface area contributed by atoms with Crippen LogP contribution in [0.2, 0.25) is 0 Å². The average molecular weight is 370 g/mol. The van der Waals surface area contributed by atoms with Crippen LogP contribution in [0.15, 0.2) is 48.5 Å². The molecule has 1 aliphatic rings. The molecule has 1 atom stereocenters. The fourth-order valence-electron chi connectivity index (χ4n) is 3.58. The van der Waals surface area contributed by atoms with Crippen LogP contribution in [0.5, 0.6) is 5.75 Å². The third kappa shape index (κ3) is 5.30. The Morgan fingerprint density at radius 2 is 1.67 bits per heavy atom. The van der Waals surface area contributed by atoms with E-state index in [1.165, 1.54) is 49.9 Å². The Bertz CT molecular complexity index is 723. The van der Waals surface area contributed by atoms with Gasteiger partial charge in [0.15, 0.2) is 0 Å². The van der Waals surface area contributed by atoms with Gasteiger partial charge in [-0.3, -0.25) is 9.69 Å². The molecule has 1 saturated heterocycles. The first-order valence-electron chi connectivity index (χ1n) is 9.59. The molecule has 2 aromatic carbocycles. The fourth-order valence-corrected chi connectivity index (χ4v) is 3.58. The van der Waals surface area contributed by atoms with Gasteiger partial charge in [-0.2, -0.15) is 0 Å². The summed E-state index contributed by atoms with van der Waals surface area (Å²) < 4.78 is 18.3. The number of benzene rings is 2. The molecule has 1 heterocycles. The molecule has 0 spiro atoms. The number of ether oxygens (including phenoxy) is 1. The minimum absolute atomic E-state index is 0.110. The lowest BCUT2D eigenvalue weighted by molar-refractivity contribution is 0.0933. The summed E-state index contributed by atoms with van der Waals surface area (Å²) in [7, 11) is 1.66. The van der Waals surface area contributed by atoms with Gasteiger partial charge in [0.2, 0.25) is 0 Å². The zero-order valence-corrected chi connectivity index (χ0v) is 15.8. The van der Waals surface area contributed by atoms with E-state index in [1.807, 2.05) is 12.1 Å². The van der Waals surface area contributed by atoms with E-state index >= 15 is 0 Å². The molecule has 1 amide bonds. The topological polar surface area (TPSA) is 41.6 Å². The van der Waals surface area contributed by atoms with Crippen molar-refractivity contribution in [3.63, 3.8) is 0 Å². The molecule has 0 aliphatic carbocycles. The van der Waals surface area contributed by atoms with Crippen LogP contribution in [0.3, 0.4) is 0 Å². The van der Waals surface area contributed by atoms with Crippen molar-refractivity contribution in [1.29, 1.82) is 0 Å². The lowest BCUT2D eigenvalue weighted by atomic mass is 10.0. The van der Waals surface area contributed by atoms with E-state index in [1.54, 1.807) is 7.11 Å². The van der Waals surface area contributed by atoms with Gasteiger partial charge in [0.05, 0.1) is 13.2 Å². The Morgan fingerprint density at radius 3 is 2.26 bits per heavy atom. The predicted octanol–water partition coefficient (Wildman–Crippen LogP) is 4.18. The second-order valence-electron chi connectivity index (χ2n) is 6.96. The summed E-state index contributed by atoms with van der Waals surface area (Å²) in [4.78, 5) is 14.9. The molecule has 1 fully saturated rings. The number of methoxy groups -OCH3 is 1. The molecule has 1 N–H and O–H groups in total. The smallest absolute Gasteiger partial charge is 0.251 e. The number of carbonyl (C=O) groups is 1. The summed E-state index contributed by atoms with van der Waals surface area (Å²) in [6.45, 7) is 2.58. The third-order valence-electron chi connectivity index (χ3n) is 5.14. The first-order valence-corrected chi connectivity index (χ1v) is 9.59. The van der Waals surface area contributed by atoms with Crippen LogP contribution < -0.4 is 10.1 Å². The number of amides is 1. The van der Waals surface area contributed by atoms with Crippen LogP contribution in [-0.4, -0.2) is 37.6 Å². The van der Waals surface area contributed by atoms with Crippen molar-refractivity contribution in [2.75, 3.05) is 26.7 Å². The van der Waals surface area contributed by atoms with Gasteiger partial charge < -0.3 is 10.1 Å². The molecule has 144 valence electrons. The van der Waals surface area contributed by atoms with Gasteiger partial charge in [0.25, 0.3) is 5.91 Å². The number of hydrogen-bond donors (Lipinski definition) is 1. The normalized spacial score (nSPS) is 16.4. The largest absolute Gasteiger partial charge is 0.497 e. The summed E-state index contributed by atoms with van der Waals surface area (Å²) in [5.74, 6) is 0.305. The van der Waals surface area contributed by atoms with Crippen LogP contribution in [0.25, 0.3) is 0 Å². The minimum atomic E-state index is -0.341. The fraction of sp³-hybridized carbons (Fsp3) is 0.409. The molecule has 1 unspecified atom stereocenters. The number of hydrogen-bond acceptors (Lipinski definition) is 3. The number of nitrogens with zero attached hydrogens (tertiary/aromatic N) is 1. The molecule has 1 aliphatic heterocycles. The highest BCUT2D eigenvalue weighted by Gasteiger charge is 2.22. The number of nitrogens with one attached hydrogen (secondary N) is 1. The van der Waals surface area contributed by atoms with Crippen LogP contribution in [0.1, 0.15) is 47.6 Å². The molecule has 0 saturated carbocycles. The lowest BCUT2D eigenvalue weighted by Gasteiger charge is -2.31. The molecule has 27 heavy (non-hydrogen) atoms. The van der Waals surface area contributed by atoms with Crippen molar-refractivity contribution in [3.8, 4) is 5.75 Å². The zero-order valence-electron chi connectivity index (χ0n) is 15.8. The van der Waals surface area contributed by atoms with E-state index in [4.69, 9.17) is 4.74 Å². The number of carbonyl (C=O) groups excluding carboxylic acids is 1. The minimum Gasteiger partial charge on any atom is -0.497 e. The zero-order chi connectivity index (χ0) is 19.1. The molecule has 0 aromatic heterocycles. The first kappa shape index (κ1) is 19.4. The Kier molecular flexibility index (Phi) is 6.82. The van der Waals surface area contributed by atoms with Crippen LogP contribution in [0.4, 0.5) is 4.39 Å². The number of likely N-dealkylation sites (tertiary alicyclic amines) is 1. The van der Waals surface area contributed by atoms with Crippen molar-refractivity contribution in [1.82, 2.24) is 10.2 Å². The van der Waals surface area contributed by atoms with E-state index in [0.29, 0.717) is 12.1 Å². The third-order valence-corrected chi connectivity index (χ3v) is 5.14. The monoisotopic (exact) mass is 370 g/mol. The molecule has 5 heteroatoms. The van der Waals surface area contributed by atoms with Crippen LogP contribution >= 0.6 is 0 Å². The summed E-state index contributed by atoms with van der Waals surface area (Å²) in [5.41, 5.74) is 1.64. The molecule has 2 aromatic rings. The van der Waals surface area contributed by atoms with Gasteiger partial charge in [0.1, 0.15) is 11.6 Å². The Morgan fingerprint density at radius 1 is 1.04 bits per heavy atom. The Hall–Kier alpha value is -2.40. The van der Waals surface area contributed by atoms with Crippen molar-refractivity contribution in [3.05, 3.63) is 65.5 Å². The standard InChI is InChI=1S/C22H27FN2O2/c1-27-20-12-8-17(9-13-20)21(25-14-4-2-3-5-15-25)16-24-22(26)18-6-10-19(23)11-7-18/h6-13,21H,2-5,14-16H2,1H3,(H,24,26). The van der Waals surface area contributed by atoms with E-state index < -0.39 is 0 Å². The van der Waals surface area contributed by atoms with Gasteiger partial charge in [-0.15, -0.1) is 0 Å². The van der Waals surface area contributed by atoms with Crippen LogP contribution in [-0.2, 0) is 0 Å². The second-order valence-corrected chi connectivity index (χ2v) is 6.96.